The molecule has 1 N–H and O–H groups in total. The minimum atomic E-state index is -0.281. The number of pyridine rings is 1. The Bertz CT molecular complexity index is 366. The molecule has 1 rings (SSSR count). The Labute approximate surface area is 122 Å². The molecular weight excluding hydrogens is 253 g/mol. The van der Waals surface area contributed by atoms with Gasteiger partial charge in [-0.15, -0.1) is 0 Å². The van der Waals surface area contributed by atoms with E-state index in [4.69, 9.17) is 0 Å². The number of nitrogens with zero attached hydrogens (tertiary/aromatic N) is 2. The van der Waals surface area contributed by atoms with Gasteiger partial charge in [0, 0.05) is 6.54 Å². The van der Waals surface area contributed by atoms with E-state index in [1.165, 1.54) is 25.1 Å². The Morgan fingerprint density at radius 3 is 2.65 bits per heavy atom. The van der Waals surface area contributed by atoms with Crippen molar-refractivity contribution in [3.63, 3.8) is 0 Å². The minimum absolute atomic E-state index is 0.171. The number of aromatic nitrogens is 1. The molecule has 2 atom stereocenters. The Kier molecular flexibility index (Phi) is 7.70. The van der Waals surface area contributed by atoms with Crippen molar-refractivity contribution in [2.24, 2.45) is 5.92 Å². The Morgan fingerprint density at radius 1 is 1.35 bits per heavy atom. The van der Waals surface area contributed by atoms with Crippen molar-refractivity contribution in [3.05, 3.63) is 29.8 Å². The quantitative estimate of drug-likeness (QED) is 0.753. The van der Waals surface area contributed by atoms with Crippen LogP contribution < -0.4 is 5.32 Å². The highest BCUT2D eigenvalue weighted by molar-refractivity contribution is 5.11. The van der Waals surface area contributed by atoms with Crippen LogP contribution in [-0.2, 0) is 0 Å². The van der Waals surface area contributed by atoms with E-state index in [2.05, 4.69) is 43.0 Å². The Balaban J connectivity index is 2.66. The predicted molar refractivity (Wildman–Crippen MR) is 82.2 cm³/mol. The summed E-state index contributed by atoms with van der Waals surface area (Å²) in [4.78, 5) is 6.59. The van der Waals surface area contributed by atoms with Gasteiger partial charge < -0.3 is 10.2 Å². The fourth-order valence-corrected chi connectivity index (χ4v) is 2.50. The molecule has 1 aromatic heterocycles. The second-order valence-corrected chi connectivity index (χ2v) is 5.53. The zero-order valence-electron chi connectivity index (χ0n) is 13.2. The maximum atomic E-state index is 13.0. The van der Waals surface area contributed by atoms with Gasteiger partial charge in [-0.3, -0.25) is 4.98 Å². The lowest BCUT2D eigenvalue weighted by Crippen LogP contribution is -2.35. The topological polar surface area (TPSA) is 28.2 Å². The summed E-state index contributed by atoms with van der Waals surface area (Å²) in [5.74, 6) is 0.145. The summed E-state index contributed by atoms with van der Waals surface area (Å²) in [6, 6.07) is 3.44. The largest absolute Gasteiger partial charge is 0.309 e. The van der Waals surface area contributed by atoms with Gasteiger partial charge in [-0.1, -0.05) is 27.2 Å². The van der Waals surface area contributed by atoms with Gasteiger partial charge in [-0.2, -0.15) is 0 Å². The van der Waals surface area contributed by atoms with Crippen LogP contribution in [0.25, 0.3) is 0 Å². The van der Waals surface area contributed by atoms with Gasteiger partial charge >= 0.3 is 0 Å². The molecular formula is C16H28FN3. The van der Waals surface area contributed by atoms with Crippen LogP contribution in [0.3, 0.4) is 0 Å². The summed E-state index contributed by atoms with van der Waals surface area (Å²) in [7, 11) is 2.16. The maximum Gasteiger partial charge on any atom is 0.141 e. The smallest absolute Gasteiger partial charge is 0.141 e. The van der Waals surface area contributed by atoms with Gasteiger partial charge in [-0.25, -0.2) is 4.39 Å². The molecule has 4 heteroatoms. The van der Waals surface area contributed by atoms with E-state index in [1.54, 1.807) is 6.07 Å². The highest BCUT2D eigenvalue weighted by atomic mass is 19.1. The van der Waals surface area contributed by atoms with Gasteiger partial charge in [0.25, 0.3) is 0 Å². The Morgan fingerprint density at radius 2 is 2.10 bits per heavy atom. The number of unbranched alkanes of at least 4 members (excludes halogenated alkanes) is 1. The first-order valence-corrected chi connectivity index (χ1v) is 7.61. The first kappa shape index (κ1) is 17.1. The molecule has 1 heterocycles. The van der Waals surface area contributed by atoms with Crippen molar-refractivity contribution in [1.29, 1.82) is 0 Å². The van der Waals surface area contributed by atoms with E-state index in [9.17, 15) is 4.39 Å². The molecule has 0 fully saturated rings. The Hall–Kier alpha value is -1.00. The van der Waals surface area contributed by atoms with Crippen molar-refractivity contribution in [2.45, 2.75) is 39.7 Å². The van der Waals surface area contributed by atoms with Gasteiger partial charge in [0.15, 0.2) is 0 Å². The molecule has 0 aliphatic carbocycles. The molecule has 0 amide bonds. The monoisotopic (exact) mass is 281 g/mol. The van der Waals surface area contributed by atoms with Crippen molar-refractivity contribution >= 4 is 0 Å². The average Bonchev–Trinajstić information content (AvgIpc) is 2.43. The van der Waals surface area contributed by atoms with Crippen LogP contribution in [0, 0.1) is 11.7 Å². The lowest BCUT2D eigenvalue weighted by Gasteiger charge is -2.28. The van der Waals surface area contributed by atoms with Crippen LogP contribution in [0.5, 0.6) is 0 Å². The number of hydrogen-bond acceptors (Lipinski definition) is 3. The van der Waals surface area contributed by atoms with E-state index >= 15 is 0 Å². The molecule has 0 aliphatic heterocycles. The van der Waals surface area contributed by atoms with Gasteiger partial charge in [-0.05, 0) is 44.6 Å². The summed E-state index contributed by atoms with van der Waals surface area (Å²) in [5.41, 5.74) is 0.921. The van der Waals surface area contributed by atoms with E-state index in [0.717, 1.165) is 25.3 Å². The van der Waals surface area contributed by atoms with E-state index in [-0.39, 0.29) is 11.9 Å². The summed E-state index contributed by atoms with van der Waals surface area (Å²) < 4.78 is 13.0. The third kappa shape index (κ3) is 5.55. The summed E-state index contributed by atoms with van der Waals surface area (Å²) >= 11 is 0. The second kappa shape index (κ2) is 9.03. The zero-order valence-corrected chi connectivity index (χ0v) is 13.2. The number of nitrogens with one attached hydrogen (secondary N) is 1. The molecule has 0 aliphatic rings. The molecule has 2 unspecified atom stereocenters. The van der Waals surface area contributed by atoms with Crippen molar-refractivity contribution in [3.8, 4) is 0 Å². The first-order valence-electron chi connectivity index (χ1n) is 7.61. The van der Waals surface area contributed by atoms with Crippen LogP contribution >= 0.6 is 0 Å². The molecule has 114 valence electrons. The van der Waals surface area contributed by atoms with Gasteiger partial charge in [0.2, 0.25) is 0 Å². The average molecular weight is 281 g/mol. The van der Waals surface area contributed by atoms with Crippen molar-refractivity contribution in [1.82, 2.24) is 15.2 Å². The number of rotatable bonds is 9. The van der Waals surface area contributed by atoms with Crippen LogP contribution in [-0.4, -0.2) is 36.6 Å². The second-order valence-electron chi connectivity index (χ2n) is 5.53. The standard InChI is InChI=1S/C16H28FN3/c1-5-7-10-20(4)12-13(3)16(18-6-2)15-9-8-14(17)11-19-15/h8-9,11,13,16,18H,5-7,10,12H2,1-4H3. The zero-order chi connectivity index (χ0) is 15.0. The van der Waals surface area contributed by atoms with Crippen LogP contribution in [0.2, 0.25) is 0 Å². The minimum Gasteiger partial charge on any atom is -0.309 e. The number of halogens is 1. The third-order valence-corrected chi connectivity index (χ3v) is 3.56. The molecule has 0 radical (unpaired) electrons. The molecule has 1 aromatic rings. The van der Waals surface area contributed by atoms with Crippen LogP contribution in [0.15, 0.2) is 18.3 Å². The summed E-state index contributed by atoms with van der Waals surface area (Å²) in [6.07, 6.45) is 3.74. The van der Waals surface area contributed by atoms with Crippen molar-refractivity contribution in [2.75, 3.05) is 26.7 Å². The SMILES string of the molecule is CCCCN(C)CC(C)C(NCC)c1ccc(F)cn1. The summed E-state index contributed by atoms with van der Waals surface area (Å²) in [5, 5.41) is 3.47. The maximum absolute atomic E-state index is 13.0. The van der Waals surface area contributed by atoms with E-state index < -0.39 is 0 Å². The van der Waals surface area contributed by atoms with Gasteiger partial charge in [0.05, 0.1) is 17.9 Å². The van der Waals surface area contributed by atoms with E-state index in [1.807, 2.05) is 0 Å². The molecule has 0 aromatic carbocycles. The first-order chi connectivity index (χ1) is 9.58. The fourth-order valence-electron chi connectivity index (χ4n) is 2.50. The lowest BCUT2D eigenvalue weighted by molar-refractivity contribution is 0.243. The molecule has 0 saturated carbocycles. The molecule has 0 bridgehead atoms. The van der Waals surface area contributed by atoms with Crippen molar-refractivity contribution < 1.29 is 4.39 Å². The normalized spacial score (nSPS) is 14.5. The molecule has 20 heavy (non-hydrogen) atoms. The molecule has 0 saturated heterocycles. The summed E-state index contributed by atoms with van der Waals surface area (Å²) in [6.45, 7) is 9.53. The van der Waals surface area contributed by atoms with Gasteiger partial charge in [0.1, 0.15) is 5.82 Å². The highest BCUT2D eigenvalue weighted by Crippen LogP contribution is 2.21. The van der Waals surface area contributed by atoms with Crippen LogP contribution in [0.4, 0.5) is 4.39 Å². The highest BCUT2D eigenvalue weighted by Gasteiger charge is 2.20. The van der Waals surface area contributed by atoms with Crippen LogP contribution in [0.1, 0.15) is 45.3 Å². The fraction of sp³-hybridized carbons (Fsp3) is 0.688. The lowest BCUT2D eigenvalue weighted by atomic mass is 9.97. The number of hydrogen-bond donors (Lipinski definition) is 1. The van der Waals surface area contributed by atoms with E-state index in [0.29, 0.717) is 5.92 Å². The predicted octanol–water partition coefficient (Wildman–Crippen LogP) is 3.24. The third-order valence-electron chi connectivity index (χ3n) is 3.56. The molecule has 3 nitrogen and oxygen atoms in total. The molecule has 0 spiro atoms.